The van der Waals surface area contributed by atoms with Crippen molar-refractivity contribution in [3.8, 4) is 11.5 Å². The minimum absolute atomic E-state index is 0.142. The van der Waals surface area contributed by atoms with E-state index in [1.807, 2.05) is 12.1 Å². The van der Waals surface area contributed by atoms with Gasteiger partial charge in [-0.25, -0.2) is 0 Å². The van der Waals surface area contributed by atoms with Gasteiger partial charge in [-0.3, -0.25) is 40.9 Å². The van der Waals surface area contributed by atoms with E-state index in [-0.39, 0.29) is 29.0 Å². The van der Waals surface area contributed by atoms with Gasteiger partial charge in [0.15, 0.2) is 0 Å². The summed E-state index contributed by atoms with van der Waals surface area (Å²) >= 11 is 0. The van der Waals surface area contributed by atoms with Gasteiger partial charge in [0.25, 0.3) is 11.8 Å². The molecule has 290 valence electrons. The molecule has 0 saturated heterocycles. The second-order valence-electron chi connectivity index (χ2n) is 14.2. The van der Waals surface area contributed by atoms with Crippen LogP contribution in [0, 0.1) is 11.8 Å². The summed E-state index contributed by atoms with van der Waals surface area (Å²) in [5.74, 6) is -3.60. The van der Waals surface area contributed by atoms with Crippen molar-refractivity contribution in [3.63, 3.8) is 0 Å². The van der Waals surface area contributed by atoms with Crippen LogP contribution >= 0.6 is 0 Å². The number of nitrogens with one attached hydrogen (secondary N) is 4. The quantitative estimate of drug-likeness (QED) is 0.0445. The fourth-order valence-electron chi connectivity index (χ4n) is 6.60. The van der Waals surface area contributed by atoms with Gasteiger partial charge in [0.1, 0.15) is 11.5 Å². The number of carbonyl (C=O) groups is 4. The monoisotopic (exact) mass is 722 g/mol. The fraction of sp³-hybridized carbons (Fsp3) is 0.619. The molecule has 0 aliphatic heterocycles. The second kappa shape index (κ2) is 25.8. The Labute approximate surface area is 312 Å². The molecule has 10 nitrogen and oxygen atoms in total. The van der Waals surface area contributed by atoms with Gasteiger partial charge in [0.2, 0.25) is 11.8 Å². The third-order valence-electron chi connectivity index (χ3n) is 9.77. The lowest BCUT2D eigenvalue weighted by molar-refractivity contribution is -0.129. The van der Waals surface area contributed by atoms with Gasteiger partial charge in [-0.15, -0.1) is 0 Å². The van der Waals surface area contributed by atoms with E-state index in [4.69, 9.17) is 0 Å². The van der Waals surface area contributed by atoms with Gasteiger partial charge in [0.05, 0.1) is 11.1 Å². The van der Waals surface area contributed by atoms with Crippen LogP contribution in [-0.4, -0.2) is 33.8 Å². The molecule has 10 heteroatoms. The van der Waals surface area contributed by atoms with Gasteiger partial charge in [-0.1, -0.05) is 142 Å². The fourth-order valence-corrected chi connectivity index (χ4v) is 6.60. The average Bonchev–Trinajstić information content (AvgIpc) is 3.13. The highest BCUT2D eigenvalue weighted by Gasteiger charge is 2.26. The number of aryl methyl sites for hydroxylation is 2. The van der Waals surface area contributed by atoms with Crippen molar-refractivity contribution in [2.45, 2.75) is 156 Å². The molecule has 0 aromatic heterocycles. The lowest BCUT2D eigenvalue weighted by Crippen LogP contribution is -2.47. The average molecular weight is 723 g/mol. The minimum atomic E-state index is -0.646. The number of carbonyl (C=O) groups excluding carboxylic acids is 4. The molecule has 0 saturated carbocycles. The number of rotatable bonds is 25. The first-order chi connectivity index (χ1) is 25.1. The van der Waals surface area contributed by atoms with Crippen molar-refractivity contribution >= 4 is 23.6 Å². The van der Waals surface area contributed by atoms with Crippen molar-refractivity contribution in [3.05, 3.63) is 58.7 Å². The van der Waals surface area contributed by atoms with Crippen molar-refractivity contribution in [2.24, 2.45) is 11.8 Å². The number of phenolic OH excluding ortho intramolecular Hbond substituents is 2. The molecule has 0 fully saturated rings. The molecular weight excluding hydrogens is 656 g/mol. The summed E-state index contributed by atoms with van der Waals surface area (Å²) in [5.41, 5.74) is 11.7. The summed E-state index contributed by atoms with van der Waals surface area (Å²) < 4.78 is 0. The predicted octanol–water partition coefficient (Wildman–Crippen LogP) is 8.74. The molecule has 2 aromatic carbocycles. The molecule has 2 unspecified atom stereocenters. The number of hydrogen-bond donors (Lipinski definition) is 6. The van der Waals surface area contributed by atoms with Crippen LogP contribution in [0.1, 0.15) is 175 Å². The topological polar surface area (TPSA) is 157 Å². The number of hydrogen-bond acceptors (Lipinski definition) is 6. The van der Waals surface area contributed by atoms with E-state index in [1.165, 1.54) is 50.7 Å². The van der Waals surface area contributed by atoms with Gasteiger partial charge < -0.3 is 10.2 Å². The Hall–Kier alpha value is -4.08. The maximum Gasteiger partial charge on any atom is 0.273 e. The van der Waals surface area contributed by atoms with Crippen LogP contribution in [0.25, 0.3) is 0 Å². The third kappa shape index (κ3) is 16.1. The molecule has 52 heavy (non-hydrogen) atoms. The maximum absolute atomic E-state index is 13.4. The molecule has 0 heterocycles. The van der Waals surface area contributed by atoms with Crippen LogP contribution in [0.2, 0.25) is 0 Å². The number of hydrazine groups is 2. The van der Waals surface area contributed by atoms with Crippen LogP contribution in [0.5, 0.6) is 11.5 Å². The summed E-state index contributed by atoms with van der Waals surface area (Å²) in [5, 5.41) is 21.1. The Bertz CT molecular complexity index is 1380. The molecule has 0 aliphatic rings. The molecule has 0 radical (unpaired) electrons. The molecule has 0 aliphatic carbocycles. The van der Waals surface area contributed by atoms with E-state index in [1.54, 1.807) is 19.1 Å². The lowest BCUT2D eigenvalue weighted by atomic mass is 9.90. The van der Waals surface area contributed by atoms with Crippen LogP contribution in [-0.2, 0) is 22.4 Å². The Morgan fingerprint density at radius 1 is 0.538 bits per heavy atom. The largest absolute Gasteiger partial charge is 0.507 e. The smallest absolute Gasteiger partial charge is 0.273 e. The number of amides is 4. The molecular formula is C42H66N4O6. The highest BCUT2D eigenvalue weighted by Crippen LogP contribution is 2.25. The molecule has 0 bridgehead atoms. The van der Waals surface area contributed by atoms with Crippen LogP contribution in [0.4, 0.5) is 0 Å². The molecule has 2 rings (SSSR count). The highest BCUT2D eigenvalue weighted by molar-refractivity contribution is 6.00. The van der Waals surface area contributed by atoms with E-state index >= 15 is 0 Å². The Balaban J connectivity index is 2.00. The zero-order chi connectivity index (χ0) is 38.1. The zero-order valence-electron chi connectivity index (χ0n) is 32.3. The van der Waals surface area contributed by atoms with E-state index in [0.29, 0.717) is 19.3 Å². The first kappa shape index (κ1) is 44.1. The second-order valence-corrected chi connectivity index (χ2v) is 14.2. The van der Waals surface area contributed by atoms with Gasteiger partial charge in [0, 0.05) is 11.8 Å². The first-order valence-corrected chi connectivity index (χ1v) is 20.0. The Morgan fingerprint density at radius 3 is 1.40 bits per heavy atom. The van der Waals surface area contributed by atoms with Crippen molar-refractivity contribution < 1.29 is 29.4 Å². The Morgan fingerprint density at radius 2 is 0.942 bits per heavy atom. The molecule has 0 spiro atoms. The van der Waals surface area contributed by atoms with Crippen LogP contribution in [0.3, 0.4) is 0 Å². The lowest BCUT2D eigenvalue weighted by Gasteiger charge is -2.21. The predicted molar refractivity (Wildman–Crippen MR) is 208 cm³/mol. The number of unbranched alkanes of at least 4 members (excludes halogenated alkanes) is 13. The summed E-state index contributed by atoms with van der Waals surface area (Å²) in [4.78, 5) is 53.0. The van der Waals surface area contributed by atoms with E-state index in [2.05, 4.69) is 42.5 Å². The van der Waals surface area contributed by atoms with Gasteiger partial charge >= 0.3 is 0 Å². The van der Waals surface area contributed by atoms with Gasteiger partial charge in [-0.2, -0.15) is 0 Å². The summed E-state index contributed by atoms with van der Waals surface area (Å²) in [6.45, 7) is 8.14. The number of phenols is 2. The van der Waals surface area contributed by atoms with E-state index < -0.39 is 35.5 Å². The number of benzene rings is 2. The molecule has 2 aromatic rings. The van der Waals surface area contributed by atoms with Crippen molar-refractivity contribution in [1.29, 1.82) is 0 Å². The van der Waals surface area contributed by atoms with E-state index in [0.717, 1.165) is 75.3 Å². The van der Waals surface area contributed by atoms with Gasteiger partial charge in [-0.05, 0) is 61.8 Å². The molecule has 4 amide bonds. The zero-order valence-corrected chi connectivity index (χ0v) is 32.3. The minimum Gasteiger partial charge on any atom is -0.507 e. The van der Waals surface area contributed by atoms with Crippen molar-refractivity contribution in [2.75, 3.05) is 0 Å². The maximum atomic E-state index is 13.4. The molecule has 6 N–H and O–H groups in total. The summed E-state index contributed by atoms with van der Waals surface area (Å²) in [6.07, 6.45) is 19.0. The third-order valence-corrected chi connectivity index (χ3v) is 9.77. The molecule has 2 atom stereocenters. The first-order valence-electron chi connectivity index (χ1n) is 20.0. The standard InChI is InChI=1S/C42H66N4O6/c1-5-8-11-14-16-19-23-32-26-21-28-35(47)37(32)41(51)45-43-39(49)31(4)30-34(25-18-13-10-7-3)40(50)44-46-42(52)38-33(27-22-29-36(38)48)24-20-17-15-12-9-6-2/h21-22,26-29,31,34,47-48H,5-20,23-25,30H2,1-4H3,(H,43,49)(H,44,50)(H,45,51)(H,46,52). The SMILES string of the molecule is CCCCCCCCc1cccc(O)c1C(=O)NNC(=O)C(C)CC(CCCCCC)C(=O)NNC(=O)c1c(O)cccc1CCCCCCCC. The van der Waals surface area contributed by atoms with Crippen molar-refractivity contribution in [1.82, 2.24) is 21.7 Å². The Kier molecular flexibility index (Phi) is 21.9. The van der Waals surface area contributed by atoms with Crippen LogP contribution in [0.15, 0.2) is 36.4 Å². The van der Waals surface area contributed by atoms with Crippen LogP contribution < -0.4 is 21.7 Å². The van der Waals surface area contributed by atoms with E-state index in [9.17, 15) is 29.4 Å². The summed E-state index contributed by atoms with van der Waals surface area (Å²) in [7, 11) is 0. The summed E-state index contributed by atoms with van der Waals surface area (Å²) in [6, 6.07) is 10.0. The normalized spacial score (nSPS) is 12.2. The number of aromatic hydroxyl groups is 2. The highest BCUT2D eigenvalue weighted by atomic mass is 16.3.